The third-order valence-electron chi connectivity index (χ3n) is 4.95. The molecule has 4 rings (SSSR count). The number of hydrogen-bond donors (Lipinski definition) is 2. The number of amides is 1. The molecule has 29 heavy (non-hydrogen) atoms. The molecule has 0 aliphatic heterocycles. The molecule has 5 nitrogen and oxygen atoms in total. The van der Waals surface area contributed by atoms with Crippen LogP contribution in [0, 0.1) is 6.92 Å². The minimum Gasteiger partial charge on any atom is -0.346 e. The van der Waals surface area contributed by atoms with Crippen LogP contribution in [0.2, 0.25) is 5.02 Å². The van der Waals surface area contributed by atoms with Crippen LogP contribution < -0.4 is 10.9 Å². The molecule has 1 atom stereocenters. The van der Waals surface area contributed by atoms with E-state index in [2.05, 4.69) is 10.3 Å². The molecule has 2 aromatic carbocycles. The highest BCUT2D eigenvalue weighted by Gasteiger charge is 2.18. The number of nitrogens with zero attached hydrogens (tertiary/aromatic N) is 1. The first-order valence-corrected chi connectivity index (χ1v) is 9.69. The minimum atomic E-state index is -0.158. The molecule has 0 bridgehead atoms. The van der Waals surface area contributed by atoms with Gasteiger partial charge in [0.2, 0.25) is 11.5 Å². The molecule has 2 N–H and O–H groups in total. The summed E-state index contributed by atoms with van der Waals surface area (Å²) in [5, 5.41) is 4.56. The predicted octanol–water partition coefficient (Wildman–Crippen LogP) is 4.91. The highest BCUT2D eigenvalue weighted by molar-refractivity contribution is 6.30. The Morgan fingerprint density at radius 2 is 1.83 bits per heavy atom. The summed E-state index contributed by atoms with van der Waals surface area (Å²) < 4.78 is 2.00. The van der Waals surface area contributed by atoms with Crippen molar-refractivity contribution >= 4 is 34.1 Å². The van der Waals surface area contributed by atoms with Crippen molar-refractivity contribution in [2.45, 2.75) is 19.4 Å². The maximum atomic E-state index is 12.8. The number of aromatic amines is 1. The number of aromatic nitrogens is 2. The number of hydrogen-bond acceptors (Lipinski definition) is 2. The Morgan fingerprint density at radius 1 is 1.10 bits per heavy atom. The first-order valence-electron chi connectivity index (χ1n) is 9.31. The second-order valence-electron chi connectivity index (χ2n) is 7.03. The third kappa shape index (κ3) is 4.25. The molecule has 146 valence electrons. The average molecular weight is 406 g/mol. The van der Waals surface area contributed by atoms with Gasteiger partial charge in [0, 0.05) is 34.6 Å². The van der Waals surface area contributed by atoms with E-state index in [4.69, 9.17) is 11.6 Å². The van der Waals surface area contributed by atoms with E-state index in [1.165, 1.54) is 0 Å². The van der Waals surface area contributed by atoms with E-state index in [0.29, 0.717) is 16.2 Å². The molecule has 4 aromatic rings. The monoisotopic (exact) mass is 405 g/mol. The van der Waals surface area contributed by atoms with E-state index in [-0.39, 0.29) is 23.9 Å². The normalized spacial score (nSPS) is 12.1. The zero-order valence-corrected chi connectivity index (χ0v) is 16.6. The number of aryl methyl sites for hydroxylation is 1. The van der Waals surface area contributed by atoms with Crippen LogP contribution >= 0.6 is 11.6 Å². The zero-order chi connectivity index (χ0) is 20.4. The fourth-order valence-corrected chi connectivity index (χ4v) is 3.66. The number of fused-ring (bicyclic) bond motifs is 1. The fraction of sp³-hybridized carbons (Fsp3) is 0.130. The van der Waals surface area contributed by atoms with Crippen LogP contribution in [-0.4, -0.2) is 15.5 Å². The van der Waals surface area contributed by atoms with Gasteiger partial charge in [-0.2, -0.15) is 0 Å². The molecule has 6 heteroatoms. The minimum absolute atomic E-state index is 0.118. The van der Waals surface area contributed by atoms with Crippen LogP contribution in [0.25, 0.3) is 10.9 Å². The van der Waals surface area contributed by atoms with Crippen molar-refractivity contribution in [1.29, 1.82) is 0 Å². The Balaban J connectivity index is 1.57. The number of carbonyl (C=O) groups excluding carboxylic acids is 1. The van der Waals surface area contributed by atoms with Crippen LogP contribution in [0.5, 0.6) is 0 Å². The van der Waals surface area contributed by atoms with Crippen molar-refractivity contribution in [3.05, 3.63) is 99.6 Å². The number of rotatable bonds is 5. The number of anilines is 1. The summed E-state index contributed by atoms with van der Waals surface area (Å²) in [6.45, 7) is 1.89. The van der Waals surface area contributed by atoms with Crippen molar-refractivity contribution in [2.24, 2.45) is 0 Å². The second kappa shape index (κ2) is 7.97. The summed E-state index contributed by atoms with van der Waals surface area (Å²) in [6.07, 6.45) is 4.14. The van der Waals surface area contributed by atoms with Gasteiger partial charge in [-0.25, -0.2) is 0 Å². The molecule has 0 saturated carbocycles. The lowest BCUT2D eigenvalue weighted by molar-refractivity contribution is -0.116. The maximum Gasteiger partial charge on any atom is 0.248 e. The van der Waals surface area contributed by atoms with Gasteiger partial charge in [-0.05, 0) is 54.4 Å². The Kier molecular flexibility index (Phi) is 5.23. The summed E-state index contributed by atoms with van der Waals surface area (Å²) in [6, 6.07) is 18.3. The van der Waals surface area contributed by atoms with Crippen molar-refractivity contribution in [3.8, 4) is 0 Å². The van der Waals surface area contributed by atoms with E-state index >= 15 is 0 Å². The van der Waals surface area contributed by atoms with Gasteiger partial charge in [-0.3, -0.25) is 9.59 Å². The van der Waals surface area contributed by atoms with Crippen molar-refractivity contribution < 1.29 is 4.79 Å². The van der Waals surface area contributed by atoms with E-state index < -0.39 is 0 Å². The highest BCUT2D eigenvalue weighted by atomic mass is 35.5. The van der Waals surface area contributed by atoms with Gasteiger partial charge >= 0.3 is 0 Å². The maximum absolute atomic E-state index is 12.8. The predicted molar refractivity (Wildman–Crippen MR) is 117 cm³/mol. The van der Waals surface area contributed by atoms with Crippen LogP contribution in [0.15, 0.2) is 77.9 Å². The third-order valence-corrected chi connectivity index (χ3v) is 5.21. The molecule has 0 radical (unpaired) electrons. The van der Waals surface area contributed by atoms with Gasteiger partial charge in [-0.15, -0.1) is 0 Å². The Morgan fingerprint density at radius 3 is 2.55 bits per heavy atom. The molecule has 0 aliphatic rings. The molecular formula is C23H20ClN3O2. The summed E-state index contributed by atoms with van der Waals surface area (Å²) >= 11 is 6.01. The summed E-state index contributed by atoms with van der Waals surface area (Å²) in [4.78, 5) is 27.4. The molecule has 0 aliphatic carbocycles. The number of halogens is 1. The Hall–Kier alpha value is -3.31. The first-order chi connectivity index (χ1) is 14.0. The molecular weight excluding hydrogens is 386 g/mol. The summed E-state index contributed by atoms with van der Waals surface area (Å²) in [7, 11) is 0. The first kappa shape index (κ1) is 19.0. The average Bonchev–Trinajstić information content (AvgIpc) is 3.21. The molecule has 0 unspecified atom stereocenters. The van der Waals surface area contributed by atoms with E-state index in [0.717, 1.165) is 16.5 Å². The van der Waals surface area contributed by atoms with Gasteiger partial charge < -0.3 is 14.9 Å². The SMILES string of the molecule is Cc1cc(=O)[nH]c2cc(NC(=O)C[C@H](c3ccc(Cl)cc3)n3cccc3)ccc12. The zero-order valence-electron chi connectivity index (χ0n) is 15.9. The molecule has 0 spiro atoms. The highest BCUT2D eigenvalue weighted by Crippen LogP contribution is 2.25. The number of carbonyl (C=O) groups is 1. The summed E-state index contributed by atoms with van der Waals surface area (Å²) in [5.74, 6) is -0.118. The van der Waals surface area contributed by atoms with Crippen LogP contribution in [0.3, 0.4) is 0 Å². The quantitative estimate of drug-likeness (QED) is 0.495. The molecule has 2 heterocycles. The van der Waals surface area contributed by atoms with Crippen LogP contribution in [0.1, 0.15) is 23.6 Å². The Bertz CT molecular complexity index is 1210. The van der Waals surface area contributed by atoms with Gasteiger partial charge in [0.25, 0.3) is 0 Å². The molecule has 0 saturated heterocycles. The van der Waals surface area contributed by atoms with Crippen molar-refractivity contribution in [1.82, 2.24) is 9.55 Å². The lowest BCUT2D eigenvalue weighted by atomic mass is 10.0. The number of pyridine rings is 1. The summed E-state index contributed by atoms with van der Waals surface area (Å²) in [5.41, 5.74) is 3.09. The van der Waals surface area contributed by atoms with Crippen molar-refractivity contribution in [2.75, 3.05) is 5.32 Å². The van der Waals surface area contributed by atoms with Gasteiger partial charge in [0.15, 0.2) is 0 Å². The topological polar surface area (TPSA) is 66.9 Å². The van der Waals surface area contributed by atoms with Crippen molar-refractivity contribution in [3.63, 3.8) is 0 Å². The van der Waals surface area contributed by atoms with Crippen LogP contribution in [-0.2, 0) is 4.79 Å². The smallest absolute Gasteiger partial charge is 0.248 e. The molecule has 1 amide bonds. The van der Waals surface area contributed by atoms with Crippen LogP contribution in [0.4, 0.5) is 5.69 Å². The van der Waals surface area contributed by atoms with Gasteiger partial charge in [0.1, 0.15) is 0 Å². The largest absolute Gasteiger partial charge is 0.346 e. The fourth-order valence-electron chi connectivity index (χ4n) is 3.54. The number of benzene rings is 2. The lowest BCUT2D eigenvalue weighted by Gasteiger charge is -2.19. The Labute approximate surface area is 173 Å². The lowest BCUT2D eigenvalue weighted by Crippen LogP contribution is -2.19. The van der Waals surface area contributed by atoms with E-state index in [9.17, 15) is 9.59 Å². The second-order valence-corrected chi connectivity index (χ2v) is 7.46. The van der Waals surface area contributed by atoms with E-state index in [1.54, 1.807) is 12.1 Å². The standard InChI is InChI=1S/C23H20ClN3O2/c1-15-12-22(28)26-20-13-18(8-9-19(15)20)25-23(29)14-21(27-10-2-3-11-27)16-4-6-17(24)7-5-16/h2-13,21H,14H2,1H3,(H,25,29)(H,26,28)/t21-/m1/s1. The van der Waals surface area contributed by atoms with Gasteiger partial charge in [0.05, 0.1) is 18.0 Å². The van der Waals surface area contributed by atoms with E-state index in [1.807, 2.05) is 72.4 Å². The van der Waals surface area contributed by atoms with Gasteiger partial charge in [-0.1, -0.05) is 29.8 Å². The molecule has 2 aromatic heterocycles. The molecule has 0 fully saturated rings. The number of nitrogens with one attached hydrogen (secondary N) is 2. The number of H-pyrrole nitrogens is 1.